The van der Waals surface area contributed by atoms with Crippen LogP contribution in [-0.2, 0) is 28.9 Å². The van der Waals surface area contributed by atoms with Crippen LogP contribution in [0.4, 0.5) is 16.3 Å². The molecule has 2 aliphatic heterocycles. The van der Waals surface area contributed by atoms with Gasteiger partial charge in [-0.05, 0) is 55.0 Å². The summed E-state index contributed by atoms with van der Waals surface area (Å²) >= 11 is 1.67. The molecule has 1 fully saturated rings. The normalized spacial score (nSPS) is 18.8. The minimum atomic E-state index is -0.296. The number of carbonyl (C=O) groups is 2. The van der Waals surface area contributed by atoms with Gasteiger partial charge in [0.2, 0.25) is 5.91 Å². The molecule has 1 atom stereocenters. The van der Waals surface area contributed by atoms with Gasteiger partial charge in [-0.25, -0.2) is 14.8 Å². The number of hydrogen-bond acceptors (Lipinski definition) is 8. The fraction of sp³-hybridized carbons (Fsp3) is 0.423. The van der Waals surface area contributed by atoms with E-state index in [-0.39, 0.29) is 17.9 Å². The van der Waals surface area contributed by atoms with Gasteiger partial charge >= 0.3 is 6.09 Å². The highest BCUT2D eigenvalue weighted by molar-refractivity contribution is 7.19. The fourth-order valence-corrected chi connectivity index (χ4v) is 6.58. The summed E-state index contributed by atoms with van der Waals surface area (Å²) in [5.41, 5.74) is 4.62. The minimum absolute atomic E-state index is 0.0416. The number of carbonyl (C=O) groups excluding carboxylic acids is 2. The number of aromatic nitrogens is 2. The van der Waals surface area contributed by atoms with Crippen molar-refractivity contribution in [2.45, 2.75) is 32.7 Å². The highest BCUT2D eigenvalue weighted by atomic mass is 32.1. The fourth-order valence-electron chi connectivity index (χ4n) is 5.31. The first kappa shape index (κ1) is 22.9. The van der Waals surface area contributed by atoms with Crippen molar-refractivity contribution in [1.82, 2.24) is 19.8 Å². The molecule has 1 saturated heterocycles. The van der Waals surface area contributed by atoms with Gasteiger partial charge in [0.25, 0.3) is 0 Å². The Kier molecular flexibility index (Phi) is 6.04. The molecule has 3 aromatic rings. The van der Waals surface area contributed by atoms with E-state index in [1.165, 1.54) is 16.0 Å². The largest absolute Gasteiger partial charge is 0.450 e. The standard InChI is InChI=1S/C26H28N6O3S/c1-2-35-26(34)32-9-7-31(8-10-32)25(33)16-4-6-20-21(12-16)36-24-22(20)23(28-15-29-24)30-19-5-3-17-13-27-14-18(17)11-19/h3,5,11,14-16H,2,4,6-10,12-13H2,1H3,(H,28,29,30). The van der Waals surface area contributed by atoms with Crippen molar-refractivity contribution in [3.8, 4) is 0 Å². The van der Waals surface area contributed by atoms with Crippen LogP contribution in [0.25, 0.3) is 10.2 Å². The summed E-state index contributed by atoms with van der Waals surface area (Å²) in [4.78, 5) is 44.5. The summed E-state index contributed by atoms with van der Waals surface area (Å²) in [5.74, 6) is 0.957. The molecule has 1 unspecified atom stereocenters. The number of thiophene rings is 1. The van der Waals surface area contributed by atoms with Gasteiger partial charge in [0.05, 0.1) is 18.5 Å². The van der Waals surface area contributed by atoms with E-state index in [4.69, 9.17) is 4.74 Å². The molecule has 2 amide bonds. The first-order valence-electron chi connectivity index (χ1n) is 12.5. The SMILES string of the molecule is CCOC(=O)N1CCN(C(=O)C2CCc3c(sc4ncnc(Nc5ccc6c(c5)C=NC6)c34)C2)CC1. The molecule has 9 nitrogen and oxygen atoms in total. The Morgan fingerprint density at radius 2 is 2.00 bits per heavy atom. The van der Waals surface area contributed by atoms with Crippen LogP contribution >= 0.6 is 11.3 Å². The van der Waals surface area contributed by atoms with Gasteiger partial charge in [0.15, 0.2) is 0 Å². The lowest BCUT2D eigenvalue weighted by molar-refractivity contribution is -0.137. The Morgan fingerprint density at radius 3 is 2.83 bits per heavy atom. The van der Waals surface area contributed by atoms with Crippen LogP contribution in [0.15, 0.2) is 29.5 Å². The van der Waals surface area contributed by atoms with E-state index >= 15 is 0 Å². The summed E-state index contributed by atoms with van der Waals surface area (Å²) in [6, 6.07) is 6.28. The third-order valence-electron chi connectivity index (χ3n) is 7.21. The number of aryl methyl sites for hydroxylation is 1. The van der Waals surface area contributed by atoms with E-state index in [0.29, 0.717) is 32.8 Å². The van der Waals surface area contributed by atoms with Gasteiger partial charge in [-0.2, -0.15) is 0 Å². The van der Waals surface area contributed by atoms with Gasteiger partial charge < -0.3 is 19.9 Å². The number of nitrogens with one attached hydrogen (secondary N) is 1. The quantitative estimate of drug-likeness (QED) is 0.581. The number of hydrogen-bond donors (Lipinski definition) is 1. The molecule has 0 bridgehead atoms. The van der Waals surface area contributed by atoms with E-state index in [1.807, 2.05) is 11.1 Å². The summed E-state index contributed by atoms with van der Waals surface area (Å²) in [5, 5.41) is 4.57. The molecule has 2 aromatic heterocycles. The Morgan fingerprint density at radius 1 is 1.17 bits per heavy atom. The van der Waals surface area contributed by atoms with E-state index in [9.17, 15) is 9.59 Å². The molecule has 4 heterocycles. The predicted molar refractivity (Wildman–Crippen MR) is 139 cm³/mol. The molecule has 1 aromatic carbocycles. The highest BCUT2D eigenvalue weighted by Gasteiger charge is 2.33. The molecule has 1 aliphatic carbocycles. The van der Waals surface area contributed by atoms with Crippen LogP contribution in [0.5, 0.6) is 0 Å². The molecule has 36 heavy (non-hydrogen) atoms. The lowest BCUT2D eigenvalue weighted by atomic mass is 9.86. The number of rotatable bonds is 4. The number of ether oxygens (including phenoxy) is 1. The first-order valence-corrected chi connectivity index (χ1v) is 13.3. The monoisotopic (exact) mass is 504 g/mol. The zero-order chi connectivity index (χ0) is 24.6. The maximum Gasteiger partial charge on any atom is 0.409 e. The third-order valence-corrected chi connectivity index (χ3v) is 8.37. The second-order valence-corrected chi connectivity index (χ2v) is 10.4. The number of amides is 2. The number of benzene rings is 1. The molecule has 10 heteroatoms. The predicted octanol–water partition coefficient (Wildman–Crippen LogP) is 3.77. The molecule has 186 valence electrons. The Hall–Kier alpha value is -3.53. The van der Waals surface area contributed by atoms with Crippen molar-refractivity contribution in [3.63, 3.8) is 0 Å². The Bertz CT molecular complexity index is 1360. The van der Waals surface area contributed by atoms with Gasteiger partial charge in [0, 0.05) is 48.9 Å². The lowest BCUT2D eigenvalue weighted by Crippen LogP contribution is -2.52. The van der Waals surface area contributed by atoms with E-state index in [0.717, 1.165) is 53.1 Å². The third kappa shape index (κ3) is 4.19. The van der Waals surface area contributed by atoms with Gasteiger partial charge in [-0.3, -0.25) is 9.79 Å². The number of fused-ring (bicyclic) bond motifs is 4. The van der Waals surface area contributed by atoms with Crippen molar-refractivity contribution < 1.29 is 14.3 Å². The van der Waals surface area contributed by atoms with Crippen molar-refractivity contribution in [2.75, 3.05) is 38.1 Å². The van der Waals surface area contributed by atoms with Crippen LogP contribution in [0.3, 0.4) is 0 Å². The first-order chi connectivity index (χ1) is 17.6. The number of piperazine rings is 1. The van der Waals surface area contributed by atoms with Crippen LogP contribution in [0, 0.1) is 5.92 Å². The lowest BCUT2D eigenvalue weighted by Gasteiger charge is -2.36. The summed E-state index contributed by atoms with van der Waals surface area (Å²) in [6.45, 7) is 5.05. The van der Waals surface area contributed by atoms with Crippen molar-refractivity contribution >= 4 is 51.3 Å². The molecule has 1 N–H and O–H groups in total. The maximum atomic E-state index is 13.3. The van der Waals surface area contributed by atoms with E-state index < -0.39 is 0 Å². The van der Waals surface area contributed by atoms with Crippen molar-refractivity contribution in [2.24, 2.45) is 10.9 Å². The smallest absolute Gasteiger partial charge is 0.409 e. The van der Waals surface area contributed by atoms with Crippen LogP contribution < -0.4 is 5.32 Å². The summed E-state index contributed by atoms with van der Waals surface area (Å²) < 4.78 is 5.09. The molecular formula is C26H28N6O3S. The van der Waals surface area contributed by atoms with Crippen LogP contribution in [-0.4, -0.2) is 70.8 Å². The van der Waals surface area contributed by atoms with E-state index in [2.05, 4.69) is 38.5 Å². The van der Waals surface area contributed by atoms with Crippen molar-refractivity contribution in [3.05, 3.63) is 46.1 Å². The van der Waals surface area contributed by atoms with Gasteiger partial charge in [-0.15, -0.1) is 11.3 Å². The summed E-state index contributed by atoms with van der Waals surface area (Å²) in [6.07, 6.45) is 5.58. The second kappa shape index (κ2) is 9.50. The second-order valence-electron chi connectivity index (χ2n) is 9.37. The molecule has 6 rings (SSSR count). The molecule has 3 aliphatic rings. The molecule has 0 saturated carbocycles. The topological polar surface area (TPSA) is 100 Å². The average molecular weight is 505 g/mol. The number of anilines is 2. The maximum absolute atomic E-state index is 13.3. The summed E-state index contributed by atoms with van der Waals surface area (Å²) in [7, 11) is 0. The minimum Gasteiger partial charge on any atom is -0.450 e. The molecule has 0 spiro atoms. The van der Waals surface area contributed by atoms with Crippen LogP contribution in [0.1, 0.15) is 34.9 Å². The van der Waals surface area contributed by atoms with Crippen LogP contribution in [0.2, 0.25) is 0 Å². The average Bonchev–Trinajstić information content (AvgIpc) is 3.52. The molecular weight excluding hydrogens is 476 g/mol. The number of aliphatic imine (C=N–C) groups is 1. The molecule has 0 radical (unpaired) electrons. The Balaban J connectivity index is 1.17. The number of nitrogens with zero attached hydrogens (tertiary/aromatic N) is 5. The zero-order valence-corrected chi connectivity index (χ0v) is 21.0. The van der Waals surface area contributed by atoms with Gasteiger partial charge in [0.1, 0.15) is 17.0 Å². The van der Waals surface area contributed by atoms with E-state index in [1.54, 1.807) is 29.5 Å². The van der Waals surface area contributed by atoms with Crippen molar-refractivity contribution in [1.29, 1.82) is 0 Å². The Labute approximate surface area is 213 Å². The highest BCUT2D eigenvalue weighted by Crippen LogP contribution is 2.41. The zero-order valence-electron chi connectivity index (χ0n) is 20.2. The van der Waals surface area contributed by atoms with Gasteiger partial charge in [-0.1, -0.05) is 6.07 Å².